The minimum Gasteiger partial charge on any atom is -0.320 e. The SMILES string of the molecule is CCS(=O)CCN1C(=O)C2(CC2)NC1c1cccc(F)c1. The number of carbonyl (C=O) groups excluding carboxylic acids is 1. The molecule has 114 valence electrons. The van der Waals surface area contributed by atoms with Crippen LogP contribution in [0.3, 0.4) is 0 Å². The standard InChI is InChI=1S/C15H19FN2O2S/c1-2-21(20)9-8-18-13(11-4-3-5-12(16)10-11)17-15(6-7-15)14(18)19/h3-5,10,13,17H,2,6-9H2,1H3. The van der Waals surface area contributed by atoms with E-state index in [0.717, 1.165) is 18.4 Å². The number of hydrogen-bond acceptors (Lipinski definition) is 3. The molecule has 1 saturated heterocycles. The monoisotopic (exact) mass is 310 g/mol. The van der Waals surface area contributed by atoms with Crippen LogP contribution in [-0.4, -0.2) is 38.6 Å². The van der Waals surface area contributed by atoms with E-state index < -0.39 is 16.3 Å². The van der Waals surface area contributed by atoms with Gasteiger partial charge in [0.25, 0.3) is 0 Å². The van der Waals surface area contributed by atoms with Crippen LogP contribution in [0.2, 0.25) is 0 Å². The number of nitrogens with one attached hydrogen (secondary N) is 1. The third-order valence-electron chi connectivity index (χ3n) is 4.19. The van der Waals surface area contributed by atoms with Crippen molar-refractivity contribution >= 4 is 16.7 Å². The van der Waals surface area contributed by atoms with Gasteiger partial charge in [-0.15, -0.1) is 0 Å². The van der Waals surface area contributed by atoms with Gasteiger partial charge < -0.3 is 4.90 Å². The number of nitrogens with zero attached hydrogens (tertiary/aromatic N) is 1. The molecule has 6 heteroatoms. The van der Waals surface area contributed by atoms with Gasteiger partial charge >= 0.3 is 0 Å². The Kier molecular flexibility index (Phi) is 3.84. The molecule has 21 heavy (non-hydrogen) atoms. The van der Waals surface area contributed by atoms with E-state index in [1.54, 1.807) is 11.0 Å². The van der Waals surface area contributed by atoms with Crippen molar-refractivity contribution in [1.82, 2.24) is 10.2 Å². The second-order valence-electron chi connectivity index (χ2n) is 5.62. The predicted molar refractivity (Wildman–Crippen MR) is 79.5 cm³/mol. The fraction of sp³-hybridized carbons (Fsp3) is 0.533. The Labute approximate surface area is 126 Å². The third kappa shape index (κ3) is 2.74. The van der Waals surface area contributed by atoms with Gasteiger partial charge in [-0.25, -0.2) is 4.39 Å². The maximum absolute atomic E-state index is 13.4. The molecule has 2 fully saturated rings. The van der Waals surface area contributed by atoms with Crippen molar-refractivity contribution in [2.75, 3.05) is 18.1 Å². The molecule has 0 bridgehead atoms. The molecular weight excluding hydrogens is 291 g/mol. The highest BCUT2D eigenvalue weighted by molar-refractivity contribution is 7.84. The molecule has 1 N–H and O–H groups in total. The van der Waals surface area contributed by atoms with Gasteiger partial charge in [-0.1, -0.05) is 19.1 Å². The molecule has 0 aromatic heterocycles. The van der Waals surface area contributed by atoms with Crippen LogP contribution in [0.25, 0.3) is 0 Å². The third-order valence-corrected chi connectivity index (χ3v) is 5.47. The highest BCUT2D eigenvalue weighted by Gasteiger charge is 2.59. The lowest BCUT2D eigenvalue weighted by Gasteiger charge is -2.24. The first-order chi connectivity index (χ1) is 10.1. The van der Waals surface area contributed by atoms with Crippen LogP contribution in [0.5, 0.6) is 0 Å². The Balaban J connectivity index is 1.83. The molecule has 1 aliphatic carbocycles. The van der Waals surface area contributed by atoms with Gasteiger partial charge in [-0.05, 0) is 30.5 Å². The van der Waals surface area contributed by atoms with Crippen LogP contribution in [0.15, 0.2) is 24.3 Å². The normalized spacial score (nSPS) is 24.6. The second kappa shape index (κ2) is 5.50. The van der Waals surface area contributed by atoms with E-state index in [9.17, 15) is 13.4 Å². The summed E-state index contributed by atoms with van der Waals surface area (Å²) in [5.74, 6) is 0.803. The number of amides is 1. The number of carbonyl (C=O) groups is 1. The van der Waals surface area contributed by atoms with E-state index >= 15 is 0 Å². The van der Waals surface area contributed by atoms with Crippen molar-refractivity contribution < 1.29 is 13.4 Å². The first kappa shape index (κ1) is 14.7. The number of benzene rings is 1. The van der Waals surface area contributed by atoms with Gasteiger partial charge in [0.1, 0.15) is 17.5 Å². The van der Waals surface area contributed by atoms with Crippen molar-refractivity contribution in [2.45, 2.75) is 31.5 Å². The fourth-order valence-corrected chi connectivity index (χ4v) is 3.48. The Morgan fingerprint density at radius 2 is 2.24 bits per heavy atom. The molecule has 0 radical (unpaired) electrons. The first-order valence-electron chi connectivity index (χ1n) is 7.25. The topological polar surface area (TPSA) is 49.4 Å². The number of hydrogen-bond donors (Lipinski definition) is 1. The zero-order chi connectivity index (χ0) is 15.0. The summed E-state index contributed by atoms with van der Waals surface area (Å²) in [6, 6.07) is 6.32. The van der Waals surface area contributed by atoms with Crippen LogP contribution < -0.4 is 5.32 Å². The summed E-state index contributed by atoms with van der Waals surface area (Å²) in [7, 11) is -0.914. The molecule has 2 unspecified atom stereocenters. The average Bonchev–Trinajstić information content (AvgIpc) is 3.20. The van der Waals surface area contributed by atoms with Gasteiger partial charge in [-0.2, -0.15) is 0 Å². The van der Waals surface area contributed by atoms with Crippen molar-refractivity contribution in [2.24, 2.45) is 0 Å². The summed E-state index contributed by atoms with van der Waals surface area (Å²) < 4.78 is 25.1. The molecular formula is C15H19FN2O2S. The Bertz CT molecular complexity index is 589. The number of rotatable bonds is 5. The minimum absolute atomic E-state index is 0.0601. The highest BCUT2D eigenvalue weighted by atomic mass is 32.2. The highest BCUT2D eigenvalue weighted by Crippen LogP contribution is 2.45. The van der Waals surface area contributed by atoms with Crippen LogP contribution in [0.1, 0.15) is 31.5 Å². The fourth-order valence-electron chi connectivity index (χ4n) is 2.79. The lowest BCUT2D eigenvalue weighted by molar-refractivity contribution is -0.130. The number of halogens is 1. The van der Waals surface area contributed by atoms with E-state index in [-0.39, 0.29) is 17.9 Å². The summed E-state index contributed by atoms with van der Waals surface area (Å²) in [5.41, 5.74) is 0.291. The first-order valence-corrected chi connectivity index (χ1v) is 8.74. The summed E-state index contributed by atoms with van der Waals surface area (Å²) in [5, 5.41) is 3.34. The molecule has 3 rings (SSSR count). The lowest BCUT2D eigenvalue weighted by Crippen LogP contribution is -2.35. The van der Waals surface area contributed by atoms with E-state index in [0.29, 0.717) is 18.1 Å². The zero-order valence-corrected chi connectivity index (χ0v) is 12.8. The molecule has 1 aromatic rings. The molecule has 1 saturated carbocycles. The maximum Gasteiger partial charge on any atom is 0.244 e. The van der Waals surface area contributed by atoms with Crippen LogP contribution in [0, 0.1) is 5.82 Å². The van der Waals surface area contributed by atoms with Crippen LogP contribution in [-0.2, 0) is 15.6 Å². The lowest BCUT2D eigenvalue weighted by atomic mass is 10.1. The van der Waals surface area contributed by atoms with Gasteiger partial charge in [0.05, 0.1) is 0 Å². The predicted octanol–water partition coefficient (Wildman–Crippen LogP) is 1.56. The molecule has 1 heterocycles. The van der Waals surface area contributed by atoms with Crippen molar-refractivity contribution in [1.29, 1.82) is 0 Å². The Hall–Kier alpha value is -1.27. The van der Waals surface area contributed by atoms with Crippen LogP contribution in [0.4, 0.5) is 4.39 Å². The van der Waals surface area contributed by atoms with Gasteiger partial charge in [0.15, 0.2) is 0 Å². The van der Waals surface area contributed by atoms with Gasteiger partial charge in [-0.3, -0.25) is 14.3 Å². The van der Waals surface area contributed by atoms with Crippen molar-refractivity contribution in [3.8, 4) is 0 Å². The molecule has 4 nitrogen and oxygen atoms in total. The van der Waals surface area contributed by atoms with Crippen molar-refractivity contribution in [3.05, 3.63) is 35.6 Å². The molecule has 1 amide bonds. The Morgan fingerprint density at radius 1 is 1.48 bits per heavy atom. The Morgan fingerprint density at radius 3 is 2.86 bits per heavy atom. The summed E-state index contributed by atoms with van der Waals surface area (Å²) >= 11 is 0. The zero-order valence-electron chi connectivity index (χ0n) is 12.0. The van der Waals surface area contributed by atoms with E-state index in [4.69, 9.17) is 0 Å². The largest absolute Gasteiger partial charge is 0.320 e. The van der Waals surface area contributed by atoms with E-state index in [1.165, 1.54) is 12.1 Å². The molecule has 1 aromatic carbocycles. The smallest absolute Gasteiger partial charge is 0.244 e. The molecule has 2 aliphatic rings. The summed E-state index contributed by atoms with van der Waals surface area (Å²) in [6.45, 7) is 2.31. The van der Waals surface area contributed by atoms with Crippen molar-refractivity contribution in [3.63, 3.8) is 0 Å². The quantitative estimate of drug-likeness (QED) is 0.898. The van der Waals surface area contributed by atoms with E-state index in [2.05, 4.69) is 5.32 Å². The molecule has 1 aliphatic heterocycles. The summed E-state index contributed by atoms with van der Waals surface area (Å²) in [6.07, 6.45) is 1.33. The summed E-state index contributed by atoms with van der Waals surface area (Å²) in [4.78, 5) is 14.2. The average molecular weight is 310 g/mol. The molecule has 1 spiro atoms. The maximum atomic E-state index is 13.4. The molecule has 2 atom stereocenters. The minimum atomic E-state index is -0.914. The second-order valence-corrected chi connectivity index (χ2v) is 7.48. The van der Waals surface area contributed by atoms with E-state index in [1.807, 2.05) is 13.0 Å². The van der Waals surface area contributed by atoms with Crippen LogP contribution >= 0.6 is 0 Å². The van der Waals surface area contributed by atoms with Gasteiger partial charge in [0.2, 0.25) is 5.91 Å². The van der Waals surface area contributed by atoms with Gasteiger partial charge in [0, 0.05) is 28.9 Å².